The lowest BCUT2D eigenvalue weighted by molar-refractivity contribution is -0.299. The molecule has 0 fully saturated rings. The van der Waals surface area contributed by atoms with Crippen molar-refractivity contribution >= 4 is 23.0 Å². The maximum Gasteiger partial charge on any atom is 0.0872 e. The number of aliphatic carboxylic acids is 1. The van der Waals surface area contributed by atoms with Crippen LogP contribution in [0.2, 0.25) is 0 Å². The molecular formula is C13H10NO2S-. The van der Waals surface area contributed by atoms with E-state index in [1.165, 1.54) is 11.3 Å². The molecule has 1 aromatic heterocycles. The number of carboxylic acids is 1. The first-order valence-electron chi connectivity index (χ1n) is 4.98. The van der Waals surface area contributed by atoms with Gasteiger partial charge in [0, 0.05) is 15.9 Å². The van der Waals surface area contributed by atoms with E-state index in [0.29, 0.717) is 5.69 Å². The summed E-state index contributed by atoms with van der Waals surface area (Å²) in [6.45, 7) is 3.36. The highest BCUT2D eigenvalue weighted by Crippen LogP contribution is 2.29. The standard InChI is InChI=1S/C13H11NO2S/c1-9(13(15)16)14-11-7-12(17-8-11)10-5-3-2-4-6-10/h2-8,14H,1H2,(H,15,16)/p-1. The van der Waals surface area contributed by atoms with Crippen LogP contribution < -0.4 is 10.4 Å². The van der Waals surface area contributed by atoms with Gasteiger partial charge in [-0.1, -0.05) is 36.9 Å². The van der Waals surface area contributed by atoms with Gasteiger partial charge in [0.1, 0.15) is 0 Å². The molecule has 0 bridgehead atoms. The molecule has 0 saturated carbocycles. The van der Waals surface area contributed by atoms with E-state index >= 15 is 0 Å². The molecule has 0 aliphatic heterocycles. The fourth-order valence-corrected chi connectivity index (χ4v) is 2.23. The van der Waals surface area contributed by atoms with Crippen LogP contribution in [0.5, 0.6) is 0 Å². The van der Waals surface area contributed by atoms with Crippen molar-refractivity contribution in [2.24, 2.45) is 0 Å². The van der Waals surface area contributed by atoms with Crippen LogP contribution in [0.25, 0.3) is 10.4 Å². The third-order valence-corrected chi connectivity index (χ3v) is 3.18. The van der Waals surface area contributed by atoms with E-state index in [2.05, 4.69) is 11.9 Å². The predicted molar refractivity (Wildman–Crippen MR) is 67.5 cm³/mol. The predicted octanol–water partition coefficient (Wildman–Crippen LogP) is 2.09. The molecule has 0 amide bonds. The van der Waals surface area contributed by atoms with E-state index < -0.39 is 5.97 Å². The van der Waals surface area contributed by atoms with E-state index in [1.807, 2.05) is 41.8 Å². The third-order valence-electron chi connectivity index (χ3n) is 2.20. The SMILES string of the molecule is C=C(Nc1csc(-c2ccccc2)c1)C(=O)[O-]. The Morgan fingerprint density at radius 3 is 2.65 bits per heavy atom. The number of thiophene rings is 1. The first-order chi connectivity index (χ1) is 8.16. The van der Waals surface area contributed by atoms with Gasteiger partial charge in [-0.05, 0) is 11.6 Å². The largest absolute Gasteiger partial charge is 0.543 e. The zero-order chi connectivity index (χ0) is 12.3. The Bertz CT molecular complexity index is 546. The van der Waals surface area contributed by atoms with Crippen molar-refractivity contribution in [1.29, 1.82) is 0 Å². The summed E-state index contributed by atoms with van der Waals surface area (Å²) in [7, 11) is 0. The van der Waals surface area contributed by atoms with Crippen LogP contribution in [0, 0.1) is 0 Å². The molecule has 0 radical (unpaired) electrons. The molecule has 0 saturated heterocycles. The lowest BCUT2D eigenvalue weighted by atomic mass is 10.2. The Kier molecular flexibility index (Phi) is 3.25. The monoisotopic (exact) mass is 244 g/mol. The van der Waals surface area contributed by atoms with Gasteiger partial charge in [0.2, 0.25) is 0 Å². The molecule has 1 N–H and O–H groups in total. The van der Waals surface area contributed by atoms with Crippen molar-refractivity contribution < 1.29 is 9.90 Å². The summed E-state index contributed by atoms with van der Waals surface area (Å²) < 4.78 is 0. The number of carbonyl (C=O) groups excluding carboxylic acids is 1. The minimum Gasteiger partial charge on any atom is -0.543 e. The first-order valence-corrected chi connectivity index (χ1v) is 5.86. The summed E-state index contributed by atoms with van der Waals surface area (Å²) in [6, 6.07) is 11.8. The van der Waals surface area contributed by atoms with Crippen LogP contribution in [0.3, 0.4) is 0 Å². The fraction of sp³-hybridized carbons (Fsp3) is 0. The van der Waals surface area contributed by atoms with Gasteiger partial charge < -0.3 is 15.2 Å². The molecule has 0 atom stereocenters. The van der Waals surface area contributed by atoms with Crippen LogP contribution in [-0.2, 0) is 4.79 Å². The topological polar surface area (TPSA) is 52.2 Å². The maximum atomic E-state index is 10.5. The molecule has 86 valence electrons. The van der Waals surface area contributed by atoms with Gasteiger partial charge in [0.05, 0.1) is 11.7 Å². The van der Waals surface area contributed by atoms with Crippen molar-refractivity contribution in [3.05, 3.63) is 54.1 Å². The molecule has 4 heteroatoms. The molecule has 0 spiro atoms. The molecular weight excluding hydrogens is 234 g/mol. The smallest absolute Gasteiger partial charge is 0.0872 e. The van der Waals surface area contributed by atoms with Crippen molar-refractivity contribution in [2.45, 2.75) is 0 Å². The Balaban J connectivity index is 2.17. The second-order valence-corrected chi connectivity index (χ2v) is 4.37. The van der Waals surface area contributed by atoms with Gasteiger partial charge in [-0.2, -0.15) is 0 Å². The van der Waals surface area contributed by atoms with Crippen molar-refractivity contribution in [2.75, 3.05) is 5.32 Å². The highest BCUT2D eigenvalue weighted by Gasteiger charge is 2.03. The Hall–Kier alpha value is -2.07. The second-order valence-electron chi connectivity index (χ2n) is 3.46. The number of hydrogen-bond acceptors (Lipinski definition) is 4. The van der Waals surface area contributed by atoms with Crippen LogP contribution >= 0.6 is 11.3 Å². The second kappa shape index (κ2) is 4.84. The van der Waals surface area contributed by atoms with Crippen LogP contribution in [-0.4, -0.2) is 5.97 Å². The average molecular weight is 244 g/mol. The molecule has 1 aromatic carbocycles. The molecule has 0 aliphatic rings. The lowest BCUT2D eigenvalue weighted by Gasteiger charge is -2.07. The molecule has 0 aliphatic carbocycles. The summed E-state index contributed by atoms with van der Waals surface area (Å²) in [6.07, 6.45) is 0. The van der Waals surface area contributed by atoms with Crippen molar-refractivity contribution in [3.8, 4) is 10.4 Å². The molecule has 17 heavy (non-hydrogen) atoms. The van der Waals surface area contributed by atoms with Crippen molar-refractivity contribution in [3.63, 3.8) is 0 Å². The molecule has 3 nitrogen and oxygen atoms in total. The van der Waals surface area contributed by atoms with E-state index in [1.54, 1.807) is 0 Å². The van der Waals surface area contributed by atoms with Gasteiger partial charge in [-0.3, -0.25) is 0 Å². The summed E-state index contributed by atoms with van der Waals surface area (Å²) >= 11 is 1.54. The van der Waals surface area contributed by atoms with Gasteiger partial charge >= 0.3 is 0 Å². The first kappa shape index (κ1) is 11.4. The number of anilines is 1. The highest BCUT2D eigenvalue weighted by molar-refractivity contribution is 7.14. The van der Waals surface area contributed by atoms with Gasteiger partial charge in [0.25, 0.3) is 0 Å². The van der Waals surface area contributed by atoms with Gasteiger partial charge in [0.15, 0.2) is 0 Å². The number of hydrogen-bond donors (Lipinski definition) is 1. The maximum absolute atomic E-state index is 10.5. The summed E-state index contributed by atoms with van der Waals surface area (Å²) in [5.74, 6) is -1.29. The average Bonchev–Trinajstić information content (AvgIpc) is 2.78. The normalized spacial score (nSPS) is 9.88. The van der Waals surface area contributed by atoms with Gasteiger partial charge in [-0.15, -0.1) is 11.3 Å². The van der Waals surface area contributed by atoms with Gasteiger partial charge in [-0.25, -0.2) is 0 Å². The zero-order valence-electron chi connectivity index (χ0n) is 8.97. The quantitative estimate of drug-likeness (QED) is 0.838. The summed E-state index contributed by atoms with van der Waals surface area (Å²) in [5.41, 5.74) is 1.68. The zero-order valence-corrected chi connectivity index (χ0v) is 9.79. The van der Waals surface area contributed by atoms with E-state index in [-0.39, 0.29) is 5.70 Å². The number of nitrogens with one attached hydrogen (secondary N) is 1. The van der Waals surface area contributed by atoms with E-state index in [0.717, 1.165) is 10.4 Å². The Morgan fingerprint density at radius 2 is 2.00 bits per heavy atom. The summed E-state index contributed by atoms with van der Waals surface area (Å²) in [4.78, 5) is 11.6. The Labute approximate surface area is 103 Å². The van der Waals surface area contributed by atoms with Crippen LogP contribution in [0.4, 0.5) is 5.69 Å². The number of carbonyl (C=O) groups is 1. The van der Waals surface area contributed by atoms with Crippen molar-refractivity contribution in [1.82, 2.24) is 0 Å². The Morgan fingerprint density at radius 1 is 1.29 bits per heavy atom. The summed E-state index contributed by atoms with van der Waals surface area (Å²) in [5, 5.41) is 15.0. The number of carboxylic acid groups (broad SMARTS) is 1. The van der Waals surface area contributed by atoms with E-state index in [9.17, 15) is 9.90 Å². The van der Waals surface area contributed by atoms with E-state index in [4.69, 9.17) is 0 Å². The minimum atomic E-state index is -1.29. The molecule has 0 unspecified atom stereocenters. The third kappa shape index (κ3) is 2.73. The lowest BCUT2D eigenvalue weighted by Crippen LogP contribution is -2.27. The van der Waals surface area contributed by atoms with Crippen LogP contribution in [0.1, 0.15) is 0 Å². The fourth-order valence-electron chi connectivity index (χ4n) is 1.38. The highest BCUT2D eigenvalue weighted by atomic mass is 32.1. The molecule has 2 rings (SSSR count). The molecule has 2 aromatic rings. The van der Waals surface area contributed by atoms with Crippen LogP contribution in [0.15, 0.2) is 54.1 Å². The molecule has 1 heterocycles. The minimum absolute atomic E-state index is 0.137. The number of rotatable bonds is 4. The number of benzene rings is 1.